The topological polar surface area (TPSA) is 72.1 Å². The SMILES string of the molecule is CSc1ncccc1C(=O)N1CCCC(c2noc(-c3cccc(F)c3)n2)C1. The summed E-state index contributed by atoms with van der Waals surface area (Å²) in [5.74, 6) is 0.435. The Labute approximate surface area is 166 Å². The second-order valence-electron chi connectivity index (χ2n) is 6.62. The van der Waals surface area contributed by atoms with Crippen molar-refractivity contribution in [3.63, 3.8) is 0 Å². The van der Waals surface area contributed by atoms with Crippen molar-refractivity contribution in [1.82, 2.24) is 20.0 Å². The standard InChI is InChI=1S/C20H19FN4O2S/c1-28-19-16(8-3-9-22-19)20(26)25-10-4-6-14(12-25)17-23-18(27-24-17)13-5-2-7-15(21)11-13/h2-3,5,7-9,11,14H,4,6,10,12H2,1H3. The molecule has 1 amide bonds. The highest BCUT2D eigenvalue weighted by atomic mass is 32.2. The molecular weight excluding hydrogens is 379 g/mol. The van der Waals surface area contributed by atoms with Crippen LogP contribution in [0.5, 0.6) is 0 Å². The van der Waals surface area contributed by atoms with Crippen molar-refractivity contribution in [2.45, 2.75) is 23.8 Å². The summed E-state index contributed by atoms with van der Waals surface area (Å²) in [7, 11) is 0. The lowest BCUT2D eigenvalue weighted by Crippen LogP contribution is -2.39. The molecule has 1 atom stereocenters. The molecule has 2 aromatic heterocycles. The number of rotatable bonds is 4. The van der Waals surface area contributed by atoms with Crippen LogP contribution in [0.1, 0.15) is 34.9 Å². The third kappa shape index (κ3) is 3.77. The van der Waals surface area contributed by atoms with Crippen molar-refractivity contribution >= 4 is 17.7 Å². The lowest BCUT2D eigenvalue weighted by atomic mass is 9.97. The van der Waals surface area contributed by atoms with Crippen LogP contribution in [0.15, 0.2) is 52.1 Å². The molecule has 28 heavy (non-hydrogen) atoms. The van der Waals surface area contributed by atoms with E-state index in [-0.39, 0.29) is 23.5 Å². The molecule has 1 fully saturated rings. The molecule has 0 saturated carbocycles. The van der Waals surface area contributed by atoms with Gasteiger partial charge in [0.2, 0.25) is 0 Å². The van der Waals surface area contributed by atoms with Crippen LogP contribution in [0.3, 0.4) is 0 Å². The first-order valence-corrected chi connectivity index (χ1v) is 10.3. The van der Waals surface area contributed by atoms with Crippen molar-refractivity contribution in [2.75, 3.05) is 19.3 Å². The summed E-state index contributed by atoms with van der Waals surface area (Å²) in [6.45, 7) is 1.20. The van der Waals surface area contributed by atoms with Crippen LogP contribution in [0, 0.1) is 5.82 Å². The van der Waals surface area contributed by atoms with Gasteiger partial charge < -0.3 is 9.42 Å². The fraction of sp³-hybridized carbons (Fsp3) is 0.300. The fourth-order valence-corrected chi connectivity index (χ4v) is 3.94. The van der Waals surface area contributed by atoms with Crippen LogP contribution >= 0.6 is 11.8 Å². The first-order valence-electron chi connectivity index (χ1n) is 9.03. The van der Waals surface area contributed by atoms with Gasteiger partial charge in [-0.2, -0.15) is 4.98 Å². The molecular formula is C20H19FN4O2S. The lowest BCUT2D eigenvalue weighted by molar-refractivity contribution is 0.0699. The Morgan fingerprint density at radius 2 is 2.21 bits per heavy atom. The van der Waals surface area contributed by atoms with E-state index in [4.69, 9.17) is 4.52 Å². The number of likely N-dealkylation sites (tertiary alicyclic amines) is 1. The minimum absolute atomic E-state index is 0.0156. The third-order valence-corrected chi connectivity index (χ3v) is 5.49. The van der Waals surface area contributed by atoms with E-state index in [1.807, 2.05) is 11.2 Å². The van der Waals surface area contributed by atoms with E-state index in [0.717, 1.165) is 17.9 Å². The van der Waals surface area contributed by atoms with Crippen LogP contribution in [0.25, 0.3) is 11.5 Å². The molecule has 0 spiro atoms. The summed E-state index contributed by atoms with van der Waals surface area (Å²) in [5, 5.41) is 4.81. The molecule has 3 aromatic rings. The van der Waals surface area contributed by atoms with Crippen molar-refractivity contribution < 1.29 is 13.7 Å². The Bertz CT molecular complexity index is 994. The molecule has 8 heteroatoms. The zero-order chi connectivity index (χ0) is 19.5. The second kappa shape index (κ2) is 8.10. The molecule has 1 aliphatic heterocycles. The van der Waals surface area contributed by atoms with E-state index >= 15 is 0 Å². The third-order valence-electron chi connectivity index (χ3n) is 4.78. The highest BCUT2D eigenvalue weighted by Gasteiger charge is 2.29. The minimum atomic E-state index is -0.354. The van der Waals surface area contributed by atoms with Gasteiger partial charge in [0.15, 0.2) is 5.82 Å². The molecule has 0 N–H and O–H groups in total. The number of pyridine rings is 1. The van der Waals surface area contributed by atoms with Gasteiger partial charge in [0.1, 0.15) is 10.8 Å². The van der Waals surface area contributed by atoms with E-state index in [1.54, 1.807) is 30.5 Å². The molecule has 0 aliphatic carbocycles. The fourth-order valence-electron chi connectivity index (χ4n) is 3.40. The average Bonchev–Trinajstić information content (AvgIpc) is 3.24. The maximum absolute atomic E-state index is 13.4. The van der Waals surface area contributed by atoms with Gasteiger partial charge in [-0.25, -0.2) is 9.37 Å². The van der Waals surface area contributed by atoms with Gasteiger partial charge >= 0.3 is 0 Å². The summed E-state index contributed by atoms with van der Waals surface area (Å²) in [6, 6.07) is 9.64. The quantitative estimate of drug-likeness (QED) is 0.619. The zero-order valence-corrected chi connectivity index (χ0v) is 16.2. The number of nitrogens with zero attached hydrogens (tertiary/aromatic N) is 4. The van der Waals surface area contributed by atoms with Crippen LogP contribution in [0.4, 0.5) is 4.39 Å². The number of hydrogen-bond acceptors (Lipinski definition) is 6. The number of carbonyl (C=O) groups excluding carboxylic acids is 1. The summed E-state index contributed by atoms with van der Waals surface area (Å²) in [6.07, 6.45) is 5.32. The summed E-state index contributed by atoms with van der Waals surface area (Å²) in [5.41, 5.74) is 1.16. The second-order valence-corrected chi connectivity index (χ2v) is 7.41. The van der Waals surface area contributed by atoms with E-state index in [9.17, 15) is 9.18 Å². The highest BCUT2D eigenvalue weighted by Crippen LogP contribution is 2.29. The van der Waals surface area contributed by atoms with E-state index in [0.29, 0.717) is 30.0 Å². The van der Waals surface area contributed by atoms with E-state index < -0.39 is 0 Å². The molecule has 1 saturated heterocycles. The summed E-state index contributed by atoms with van der Waals surface area (Å²) >= 11 is 1.46. The molecule has 0 radical (unpaired) electrons. The predicted octanol–water partition coefficient (Wildman–Crippen LogP) is 4.01. The number of carbonyl (C=O) groups is 1. The number of halogens is 1. The maximum atomic E-state index is 13.4. The van der Waals surface area contributed by atoms with Crippen molar-refractivity contribution in [2.24, 2.45) is 0 Å². The van der Waals surface area contributed by atoms with Gasteiger partial charge in [-0.05, 0) is 49.4 Å². The predicted molar refractivity (Wildman–Crippen MR) is 104 cm³/mol. The zero-order valence-electron chi connectivity index (χ0n) is 15.3. The largest absolute Gasteiger partial charge is 0.338 e. The normalized spacial score (nSPS) is 16.9. The van der Waals surface area contributed by atoms with Crippen molar-refractivity contribution in [3.05, 3.63) is 59.8 Å². The lowest BCUT2D eigenvalue weighted by Gasteiger charge is -2.31. The van der Waals surface area contributed by atoms with Gasteiger partial charge in [-0.3, -0.25) is 4.79 Å². The van der Waals surface area contributed by atoms with Gasteiger partial charge in [-0.1, -0.05) is 11.2 Å². The molecule has 6 nitrogen and oxygen atoms in total. The van der Waals surface area contributed by atoms with Gasteiger partial charge in [0.05, 0.1) is 5.56 Å². The maximum Gasteiger partial charge on any atom is 0.258 e. The van der Waals surface area contributed by atoms with Gasteiger partial charge in [0, 0.05) is 30.8 Å². The van der Waals surface area contributed by atoms with Crippen molar-refractivity contribution in [1.29, 1.82) is 0 Å². The van der Waals surface area contributed by atoms with Crippen LogP contribution in [-0.4, -0.2) is 45.3 Å². The van der Waals surface area contributed by atoms with Gasteiger partial charge in [-0.15, -0.1) is 11.8 Å². The molecule has 144 valence electrons. The van der Waals surface area contributed by atoms with E-state index in [1.165, 1.54) is 23.9 Å². The average molecular weight is 398 g/mol. The first kappa shape index (κ1) is 18.6. The van der Waals surface area contributed by atoms with Crippen LogP contribution in [0.2, 0.25) is 0 Å². The molecule has 0 bridgehead atoms. The molecule has 3 heterocycles. The summed E-state index contributed by atoms with van der Waals surface area (Å²) in [4.78, 5) is 23.5. The molecule has 1 aliphatic rings. The first-order chi connectivity index (χ1) is 13.7. The highest BCUT2D eigenvalue weighted by molar-refractivity contribution is 7.98. The van der Waals surface area contributed by atoms with Crippen LogP contribution in [-0.2, 0) is 0 Å². The molecule has 1 unspecified atom stereocenters. The number of thioether (sulfide) groups is 1. The Hall–Kier alpha value is -2.74. The Kier molecular flexibility index (Phi) is 5.38. The summed E-state index contributed by atoms with van der Waals surface area (Å²) < 4.78 is 18.8. The number of hydrogen-bond donors (Lipinski definition) is 0. The monoisotopic (exact) mass is 398 g/mol. The van der Waals surface area contributed by atoms with Crippen molar-refractivity contribution in [3.8, 4) is 11.5 Å². The Morgan fingerprint density at radius 1 is 1.32 bits per heavy atom. The molecule has 1 aromatic carbocycles. The number of piperidine rings is 1. The van der Waals surface area contributed by atoms with Crippen LogP contribution < -0.4 is 0 Å². The number of amides is 1. The Balaban J connectivity index is 1.52. The number of aromatic nitrogens is 3. The van der Waals surface area contributed by atoms with E-state index in [2.05, 4.69) is 15.1 Å². The smallest absolute Gasteiger partial charge is 0.258 e. The molecule has 4 rings (SSSR count). The number of benzene rings is 1. The Morgan fingerprint density at radius 3 is 3.04 bits per heavy atom. The minimum Gasteiger partial charge on any atom is -0.338 e. The van der Waals surface area contributed by atoms with Gasteiger partial charge in [0.25, 0.3) is 11.8 Å².